The van der Waals surface area contributed by atoms with Gasteiger partial charge in [0.15, 0.2) is 5.96 Å². The zero-order chi connectivity index (χ0) is 10.4. The largest absolute Gasteiger partial charge is 0.354 e. The Bertz CT molecular complexity index is 189. The number of rotatable bonds is 0. The maximum atomic E-state index is 4.53. The molecule has 0 aromatic heterocycles. The summed E-state index contributed by atoms with van der Waals surface area (Å²) in [5, 5.41) is 3.43. The first kappa shape index (κ1) is 11.3. The van der Waals surface area contributed by atoms with Gasteiger partial charge in [-0.2, -0.15) is 0 Å². The summed E-state index contributed by atoms with van der Waals surface area (Å²) in [5.41, 5.74) is 0. The van der Waals surface area contributed by atoms with Gasteiger partial charge in [0.2, 0.25) is 0 Å². The molecule has 2 aliphatic rings. The molecule has 1 fully saturated rings. The lowest BCUT2D eigenvalue weighted by Crippen LogP contribution is -2.51. The lowest BCUT2D eigenvalue weighted by Gasteiger charge is -2.33. The van der Waals surface area contributed by atoms with Crippen LogP contribution in [-0.2, 0) is 0 Å². The Morgan fingerprint density at radius 2 is 2.07 bits per heavy atom. The summed E-state index contributed by atoms with van der Waals surface area (Å²) in [6, 6.07) is 0.609. The second-order valence-electron chi connectivity index (χ2n) is 3.73. The van der Waals surface area contributed by atoms with E-state index in [1.165, 1.54) is 32.4 Å². The molecule has 1 atom stereocenters. The first-order valence-electron chi connectivity index (χ1n) is 5.92. The fourth-order valence-corrected chi connectivity index (χ4v) is 1.80. The maximum Gasteiger partial charge on any atom is 0.194 e. The molecule has 0 aromatic rings. The topological polar surface area (TPSA) is 27.6 Å². The first-order valence-corrected chi connectivity index (χ1v) is 5.92. The van der Waals surface area contributed by atoms with Crippen LogP contribution in [0.4, 0.5) is 0 Å². The molecule has 0 aliphatic carbocycles. The number of hydrogen-bond donors (Lipinski definition) is 1. The summed E-state index contributed by atoms with van der Waals surface area (Å²) >= 11 is 0. The Balaban J connectivity index is 0.000000461. The second-order valence-corrected chi connectivity index (χ2v) is 3.73. The monoisotopic (exact) mass is 197 g/mol. The Kier molecular flexibility index (Phi) is 4.77. The van der Waals surface area contributed by atoms with Crippen LogP contribution in [0.5, 0.6) is 0 Å². The molecule has 82 valence electrons. The quantitative estimate of drug-likeness (QED) is 0.642. The summed E-state index contributed by atoms with van der Waals surface area (Å²) in [7, 11) is 0. The van der Waals surface area contributed by atoms with Gasteiger partial charge in [0.1, 0.15) is 0 Å². The van der Waals surface area contributed by atoms with Crippen molar-refractivity contribution < 1.29 is 0 Å². The van der Waals surface area contributed by atoms with E-state index in [0.717, 1.165) is 12.5 Å². The van der Waals surface area contributed by atoms with Crippen molar-refractivity contribution in [2.75, 3.05) is 19.6 Å². The minimum atomic E-state index is 0.609. The number of nitrogens with zero attached hydrogens (tertiary/aromatic N) is 2. The molecule has 0 bridgehead atoms. The average Bonchev–Trinajstić information content (AvgIpc) is 2.45. The third-order valence-electron chi connectivity index (χ3n) is 2.60. The molecule has 2 aliphatic heterocycles. The molecule has 0 aromatic carbocycles. The third-order valence-corrected chi connectivity index (χ3v) is 2.60. The molecule has 3 heteroatoms. The van der Waals surface area contributed by atoms with Crippen LogP contribution in [0, 0.1) is 0 Å². The van der Waals surface area contributed by atoms with Crippen molar-refractivity contribution in [1.29, 1.82) is 0 Å². The van der Waals surface area contributed by atoms with Crippen LogP contribution in [0.1, 0.15) is 40.0 Å². The van der Waals surface area contributed by atoms with E-state index in [-0.39, 0.29) is 0 Å². The van der Waals surface area contributed by atoms with Gasteiger partial charge < -0.3 is 10.2 Å². The number of hydrogen-bond acceptors (Lipinski definition) is 3. The molecule has 14 heavy (non-hydrogen) atoms. The van der Waals surface area contributed by atoms with E-state index in [1.54, 1.807) is 0 Å². The average molecular weight is 197 g/mol. The van der Waals surface area contributed by atoms with Gasteiger partial charge in [0.05, 0.1) is 0 Å². The van der Waals surface area contributed by atoms with Crippen LogP contribution in [-0.4, -0.2) is 36.5 Å². The normalized spacial score (nSPS) is 26.1. The highest BCUT2D eigenvalue weighted by molar-refractivity contribution is 5.81. The Labute approximate surface area is 87.6 Å². The van der Waals surface area contributed by atoms with Crippen LogP contribution >= 0.6 is 0 Å². The zero-order valence-electron chi connectivity index (χ0n) is 9.71. The Hall–Kier alpha value is -0.730. The van der Waals surface area contributed by atoms with Crippen LogP contribution in [0.25, 0.3) is 0 Å². The fraction of sp³-hybridized carbons (Fsp3) is 0.909. The van der Waals surface area contributed by atoms with E-state index in [1.807, 2.05) is 13.8 Å². The molecule has 1 unspecified atom stereocenters. The summed E-state index contributed by atoms with van der Waals surface area (Å²) in [6.07, 6.45) is 3.79. The SMILES string of the molecule is CC.CC1CCN2CCCCN=C2N1. The van der Waals surface area contributed by atoms with Gasteiger partial charge in [-0.05, 0) is 26.2 Å². The standard InChI is InChI=1S/C9H17N3.C2H6/c1-8-4-7-12-6-3-2-5-10-9(12)11-8;1-2/h8H,2-7H2,1H3,(H,10,11);1-2H3. The summed E-state index contributed by atoms with van der Waals surface area (Å²) in [6.45, 7) is 9.61. The summed E-state index contributed by atoms with van der Waals surface area (Å²) in [5.74, 6) is 1.14. The van der Waals surface area contributed by atoms with Crippen molar-refractivity contribution in [2.45, 2.75) is 46.1 Å². The van der Waals surface area contributed by atoms with E-state index in [2.05, 4.69) is 22.1 Å². The van der Waals surface area contributed by atoms with Crippen LogP contribution in [0.3, 0.4) is 0 Å². The van der Waals surface area contributed by atoms with Gasteiger partial charge in [0, 0.05) is 25.7 Å². The summed E-state index contributed by atoms with van der Waals surface area (Å²) < 4.78 is 0. The van der Waals surface area contributed by atoms with Gasteiger partial charge in [-0.25, -0.2) is 0 Å². The van der Waals surface area contributed by atoms with Crippen LogP contribution in [0.15, 0.2) is 4.99 Å². The molecular formula is C11H23N3. The molecule has 0 spiro atoms. The van der Waals surface area contributed by atoms with Crippen molar-refractivity contribution in [1.82, 2.24) is 10.2 Å². The second kappa shape index (κ2) is 5.89. The van der Waals surface area contributed by atoms with Crippen LogP contribution < -0.4 is 5.32 Å². The number of fused-ring (bicyclic) bond motifs is 1. The van der Waals surface area contributed by atoms with Crippen molar-refractivity contribution >= 4 is 5.96 Å². The number of nitrogens with one attached hydrogen (secondary N) is 1. The number of aliphatic imine (C=N–C) groups is 1. The van der Waals surface area contributed by atoms with Gasteiger partial charge in [-0.3, -0.25) is 4.99 Å². The third kappa shape index (κ3) is 2.89. The van der Waals surface area contributed by atoms with Gasteiger partial charge in [0.25, 0.3) is 0 Å². The van der Waals surface area contributed by atoms with Crippen LogP contribution in [0.2, 0.25) is 0 Å². The highest BCUT2D eigenvalue weighted by atomic mass is 15.3. The molecule has 2 heterocycles. The zero-order valence-corrected chi connectivity index (χ0v) is 9.71. The molecule has 0 amide bonds. The van der Waals surface area contributed by atoms with Gasteiger partial charge >= 0.3 is 0 Å². The molecule has 1 saturated heterocycles. The predicted octanol–water partition coefficient (Wildman–Crippen LogP) is 1.85. The lowest BCUT2D eigenvalue weighted by atomic mass is 10.2. The highest BCUT2D eigenvalue weighted by Gasteiger charge is 2.20. The predicted molar refractivity (Wildman–Crippen MR) is 61.7 cm³/mol. The van der Waals surface area contributed by atoms with Crippen molar-refractivity contribution in [2.24, 2.45) is 4.99 Å². The van der Waals surface area contributed by atoms with Crippen molar-refractivity contribution in [3.63, 3.8) is 0 Å². The maximum absolute atomic E-state index is 4.53. The highest BCUT2D eigenvalue weighted by Crippen LogP contribution is 2.09. The molecular weight excluding hydrogens is 174 g/mol. The van der Waals surface area contributed by atoms with Gasteiger partial charge in [-0.1, -0.05) is 13.8 Å². The molecule has 0 saturated carbocycles. The fourth-order valence-electron chi connectivity index (χ4n) is 1.80. The minimum Gasteiger partial charge on any atom is -0.354 e. The molecule has 3 nitrogen and oxygen atoms in total. The lowest BCUT2D eigenvalue weighted by molar-refractivity contribution is 0.336. The van der Waals surface area contributed by atoms with Crippen molar-refractivity contribution in [3.8, 4) is 0 Å². The smallest absolute Gasteiger partial charge is 0.194 e. The number of guanidine groups is 1. The summed E-state index contributed by atoms with van der Waals surface area (Å²) in [4.78, 5) is 6.91. The Morgan fingerprint density at radius 3 is 2.86 bits per heavy atom. The van der Waals surface area contributed by atoms with E-state index < -0.39 is 0 Å². The molecule has 1 N–H and O–H groups in total. The van der Waals surface area contributed by atoms with Crippen molar-refractivity contribution in [3.05, 3.63) is 0 Å². The van der Waals surface area contributed by atoms with E-state index in [4.69, 9.17) is 0 Å². The molecule has 2 rings (SSSR count). The molecule has 0 radical (unpaired) electrons. The van der Waals surface area contributed by atoms with E-state index in [0.29, 0.717) is 6.04 Å². The minimum absolute atomic E-state index is 0.609. The first-order chi connectivity index (χ1) is 6.86. The van der Waals surface area contributed by atoms with E-state index >= 15 is 0 Å². The van der Waals surface area contributed by atoms with E-state index in [9.17, 15) is 0 Å². The Morgan fingerprint density at radius 1 is 1.29 bits per heavy atom. The van der Waals surface area contributed by atoms with Gasteiger partial charge in [-0.15, -0.1) is 0 Å².